The van der Waals surface area contributed by atoms with Crippen LogP contribution in [0.1, 0.15) is 72.6 Å². The summed E-state index contributed by atoms with van der Waals surface area (Å²) < 4.78 is 5.43. The van der Waals surface area contributed by atoms with Gasteiger partial charge >= 0.3 is 12.1 Å². The van der Waals surface area contributed by atoms with E-state index in [-0.39, 0.29) is 30.2 Å². The summed E-state index contributed by atoms with van der Waals surface area (Å²) >= 11 is 0. The first-order valence-corrected chi connectivity index (χ1v) is 11.7. The maximum absolute atomic E-state index is 12.7. The molecule has 0 aromatic rings. The van der Waals surface area contributed by atoms with E-state index in [1.165, 1.54) is 0 Å². The van der Waals surface area contributed by atoms with E-state index in [1.807, 2.05) is 20.8 Å². The molecule has 0 radical (unpaired) electrons. The molecular weight excluding hydrogens is 414 g/mol. The smallest absolute Gasteiger partial charge is 0.410 e. The molecule has 2 saturated heterocycles. The number of nitrogens with one attached hydrogen (secondary N) is 1. The van der Waals surface area contributed by atoms with Crippen LogP contribution in [-0.2, 0) is 19.1 Å². The number of likely N-dealkylation sites (tertiary alicyclic amines) is 2. The highest BCUT2D eigenvalue weighted by atomic mass is 16.6. The van der Waals surface area contributed by atoms with Gasteiger partial charge in [-0.1, -0.05) is 0 Å². The Hall–Kier alpha value is -2.32. The molecule has 3 amide bonds. The number of carbonyl (C=O) groups is 4. The van der Waals surface area contributed by atoms with Crippen molar-refractivity contribution in [2.24, 2.45) is 11.8 Å². The van der Waals surface area contributed by atoms with E-state index < -0.39 is 17.6 Å². The summed E-state index contributed by atoms with van der Waals surface area (Å²) in [6, 6.07) is -0.433. The third-order valence-electron chi connectivity index (χ3n) is 6.05. The molecule has 2 fully saturated rings. The van der Waals surface area contributed by atoms with E-state index in [0.717, 1.165) is 25.7 Å². The molecule has 2 heterocycles. The number of carbonyl (C=O) groups excluding carboxylic acids is 3. The van der Waals surface area contributed by atoms with Crippen molar-refractivity contribution in [3.63, 3.8) is 0 Å². The molecule has 0 aromatic heterocycles. The van der Waals surface area contributed by atoms with Crippen LogP contribution in [0.4, 0.5) is 4.79 Å². The zero-order chi connectivity index (χ0) is 23.9. The Kier molecular flexibility index (Phi) is 9.33. The first-order chi connectivity index (χ1) is 14.9. The number of hydrogen-bond acceptors (Lipinski definition) is 5. The van der Waals surface area contributed by atoms with Gasteiger partial charge in [-0.05, 0) is 65.7 Å². The van der Waals surface area contributed by atoms with Gasteiger partial charge in [0.2, 0.25) is 11.8 Å². The van der Waals surface area contributed by atoms with Crippen LogP contribution in [0.25, 0.3) is 0 Å². The number of aliphatic carboxylic acids is 1. The van der Waals surface area contributed by atoms with Gasteiger partial charge in [-0.3, -0.25) is 14.4 Å². The number of carboxylic acids is 1. The molecule has 32 heavy (non-hydrogen) atoms. The Balaban J connectivity index is 1.72. The Bertz CT molecular complexity index is 682. The molecule has 2 aliphatic heterocycles. The highest BCUT2D eigenvalue weighted by Gasteiger charge is 2.30. The fourth-order valence-corrected chi connectivity index (χ4v) is 4.31. The van der Waals surface area contributed by atoms with Crippen molar-refractivity contribution in [3.8, 4) is 0 Å². The Morgan fingerprint density at radius 1 is 1.06 bits per heavy atom. The van der Waals surface area contributed by atoms with Crippen LogP contribution in [0.2, 0.25) is 0 Å². The molecular formula is C23H39N3O6. The summed E-state index contributed by atoms with van der Waals surface area (Å²) in [6.07, 6.45) is 4.03. The summed E-state index contributed by atoms with van der Waals surface area (Å²) in [4.78, 5) is 51.7. The number of nitrogens with zero attached hydrogens (tertiary/aromatic N) is 2. The molecule has 0 saturated carbocycles. The highest BCUT2D eigenvalue weighted by Crippen LogP contribution is 2.25. The lowest BCUT2D eigenvalue weighted by Gasteiger charge is -2.35. The van der Waals surface area contributed by atoms with Crippen LogP contribution in [0.15, 0.2) is 0 Å². The van der Waals surface area contributed by atoms with Crippen LogP contribution in [0.5, 0.6) is 0 Å². The van der Waals surface area contributed by atoms with Crippen molar-refractivity contribution in [1.82, 2.24) is 15.1 Å². The van der Waals surface area contributed by atoms with Crippen molar-refractivity contribution in [2.75, 3.05) is 26.2 Å². The first-order valence-electron chi connectivity index (χ1n) is 11.7. The van der Waals surface area contributed by atoms with E-state index in [2.05, 4.69) is 5.32 Å². The van der Waals surface area contributed by atoms with E-state index in [0.29, 0.717) is 44.9 Å². The molecule has 0 aliphatic carbocycles. The van der Waals surface area contributed by atoms with E-state index >= 15 is 0 Å². The minimum atomic E-state index is -0.949. The van der Waals surface area contributed by atoms with Gasteiger partial charge in [-0.25, -0.2) is 4.79 Å². The second-order valence-corrected chi connectivity index (χ2v) is 10.1. The number of amides is 3. The Morgan fingerprint density at radius 2 is 1.72 bits per heavy atom. The highest BCUT2D eigenvalue weighted by molar-refractivity contribution is 5.82. The summed E-state index contributed by atoms with van der Waals surface area (Å²) in [7, 11) is 0. The molecule has 0 aromatic carbocycles. The summed E-state index contributed by atoms with van der Waals surface area (Å²) in [5.41, 5.74) is -0.502. The Labute approximate surface area is 190 Å². The maximum atomic E-state index is 12.7. The molecule has 2 rings (SSSR count). The summed E-state index contributed by atoms with van der Waals surface area (Å²) in [5.74, 6) is -0.948. The van der Waals surface area contributed by atoms with Crippen molar-refractivity contribution in [3.05, 3.63) is 0 Å². The van der Waals surface area contributed by atoms with Crippen LogP contribution >= 0.6 is 0 Å². The van der Waals surface area contributed by atoms with Gasteiger partial charge in [0.05, 0.1) is 12.3 Å². The fraction of sp³-hybridized carbons (Fsp3) is 0.826. The predicted molar refractivity (Wildman–Crippen MR) is 119 cm³/mol. The van der Waals surface area contributed by atoms with Gasteiger partial charge in [0.25, 0.3) is 0 Å². The van der Waals surface area contributed by atoms with Crippen LogP contribution in [0, 0.1) is 11.8 Å². The SMILES string of the molecule is C[C@H](CC(=O)O)NC(=O)[C@@H]1CCCN(C(=O)CCC2CCN(C(=O)OC(C)(C)C)CC2)C1. The predicted octanol–water partition coefficient (Wildman–Crippen LogP) is 2.63. The number of rotatable bonds is 7. The van der Waals surface area contributed by atoms with Crippen molar-refractivity contribution in [2.45, 2.75) is 84.3 Å². The minimum absolute atomic E-state index is 0.0654. The van der Waals surface area contributed by atoms with Crippen molar-refractivity contribution in [1.29, 1.82) is 0 Å². The second-order valence-electron chi connectivity index (χ2n) is 10.1. The topological polar surface area (TPSA) is 116 Å². The van der Waals surface area contributed by atoms with Crippen LogP contribution in [0.3, 0.4) is 0 Å². The largest absolute Gasteiger partial charge is 0.481 e. The minimum Gasteiger partial charge on any atom is -0.481 e. The van der Waals surface area contributed by atoms with Crippen LogP contribution < -0.4 is 5.32 Å². The lowest BCUT2D eigenvalue weighted by atomic mass is 9.91. The van der Waals surface area contributed by atoms with Gasteiger partial charge in [-0.15, -0.1) is 0 Å². The van der Waals surface area contributed by atoms with Gasteiger partial charge in [0.15, 0.2) is 0 Å². The molecule has 2 atom stereocenters. The maximum Gasteiger partial charge on any atom is 0.410 e. The quantitative estimate of drug-likeness (QED) is 0.612. The van der Waals surface area contributed by atoms with Gasteiger partial charge in [0, 0.05) is 38.6 Å². The molecule has 2 aliphatic rings. The van der Waals surface area contributed by atoms with Gasteiger partial charge in [-0.2, -0.15) is 0 Å². The number of carboxylic acid groups (broad SMARTS) is 1. The Morgan fingerprint density at radius 3 is 2.31 bits per heavy atom. The zero-order valence-electron chi connectivity index (χ0n) is 19.9. The number of ether oxygens (including phenoxy) is 1. The molecule has 0 bridgehead atoms. The van der Waals surface area contributed by atoms with Crippen molar-refractivity contribution < 1.29 is 29.0 Å². The second kappa shape index (κ2) is 11.5. The summed E-state index contributed by atoms with van der Waals surface area (Å²) in [6.45, 7) is 9.58. The third-order valence-corrected chi connectivity index (χ3v) is 6.05. The molecule has 182 valence electrons. The standard InChI is InChI=1S/C23H39N3O6/c1-16(14-20(28)29)24-21(30)18-6-5-11-26(15-18)19(27)8-7-17-9-12-25(13-10-17)22(31)32-23(2,3)4/h16-18H,5-15H2,1-4H3,(H,24,30)(H,28,29)/t16-,18-/m1/s1. The third kappa shape index (κ3) is 8.67. The summed E-state index contributed by atoms with van der Waals surface area (Å²) in [5, 5.41) is 11.6. The van der Waals surface area contributed by atoms with Gasteiger partial charge in [0.1, 0.15) is 5.60 Å². The normalized spacial score (nSPS) is 21.1. The lowest BCUT2D eigenvalue weighted by Crippen LogP contribution is -2.47. The average Bonchev–Trinajstić information content (AvgIpc) is 2.70. The average molecular weight is 454 g/mol. The molecule has 9 nitrogen and oxygen atoms in total. The van der Waals surface area contributed by atoms with Gasteiger partial charge < -0.3 is 25.0 Å². The molecule has 0 unspecified atom stereocenters. The van der Waals surface area contributed by atoms with E-state index in [1.54, 1.807) is 16.7 Å². The van der Waals surface area contributed by atoms with E-state index in [4.69, 9.17) is 9.84 Å². The van der Waals surface area contributed by atoms with E-state index in [9.17, 15) is 19.2 Å². The number of hydrogen-bond donors (Lipinski definition) is 2. The number of piperidine rings is 2. The zero-order valence-corrected chi connectivity index (χ0v) is 19.9. The molecule has 2 N–H and O–H groups in total. The fourth-order valence-electron chi connectivity index (χ4n) is 4.31. The van der Waals surface area contributed by atoms with Crippen LogP contribution in [-0.4, -0.2) is 76.6 Å². The monoisotopic (exact) mass is 453 g/mol. The molecule has 9 heteroatoms. The first kappa shape index (κ1) is 25.9. The van der Waals surface area contributed by atoms with Crippen molar-refractivity contribution >= 4 is 23.9 Å². The lowest BCUT2D eigenvalue weighted by molar-refractivity contribution is -0.137. The molecule has 0 spiro atoms.